The first-order valence-corrected chi connectivity index (χ1v) is 5.54. The second kappa shape index (κ2) is 4.77. The molecule has 0 aliphatic carbocycles. The van der Waals surface area contributed by atoms with Gasteiger partial charge in [0.05, 0.1) is 5.02 Å². The van der Waals surface area contributed by atoms with Crippen LogP contribution in [0.1, 0.15) is 5.82 Å². The number of benzene rings is 1. The summed E-state index contributed by atoms with van der Waals surface area (Å²) in [5.74, 6) is 1.62. The molecular weight excluding hydrogens is 261 g/mol. The zero-order chi connectivity index (χ0) is 12.4. The normalized spacial score (nSPS) is 10.3. The summed E-state index contributed by atoms with van der Waals surface area (Å²) in [6.45, 7) is 1.72. The van der Waals surface area contributed by atoms with Crippen molar-refractivity contribution in [1.29, 1.82) is 0 Å². The number of aromatic nitrogens is 2. The zero-order valence-electron chi connectivity index (χ0n) is 8.95. The Labute approximate surface area is 108 Å². The summed E-state index contributed by atoms with van der Waals surface area (Å²) in [5.41, 5.74) is 5.59. The van der Waals surface area contributed by atoms with Gasteiger partial charge in [0, 0.05) is 17.2 Å². The third-order valence-electron chi connectivity index (χ3n) is 1.94. The summed E-state index contributed by atoms with van der Waals surface area (Å²) in [6.07, 6.45) is 0. The second-order valence-electron chi connectivity index (χ2n) is 3.36. The smallest absolute Gasteiger partial charge is 0.224 e. The predicted octanol–water partition coefficient (Wildman–Crippen LogP) is 3.47. The molecule has 0 fully saturated rings. The monoisotopic (exact) mass is 269 g/mol. The molecule has 1 heterocycles. The first-order chi connectivity index (χ1) is 8.04. The van der Waals surface area contributed by atoms with Crippen LogP contribution in [0.2, 0.25) is 10.0 Å². The van der Waals surface area contributed by atoms with Crippen molar-refractivity contribution in [3.8, 4) is 11.6 Å². The van der Waals surface area contributed by atoms with E-state index in [9.17, 15) is 0 Å². The number of nitrogens with zero attached hydrogens (tertiary/aromatic N) is 2. The van der Waals surface area contributed by atoms with Crippen molar-refractivity contribution in [2.75, 3.05) is 5.73 Å². The van der Waals surface area contributed by atoms with Crippen molar-refractivity contribution in [3.05, 3.63) is 40.1 Å². The molecule has 0 spiro atoms. The third-order valence-corrected chi connectivity index (χ3v) is 2.49. The molecule has 1 aromatic heterocycles. The standard InChI is InChI=1S/C11H9Cl2N3O/c1-6-15-10(14)5-11(16-6)17-9-4-7(12)2-3-8(9)13/h2-5H,1H3,(H2,14,15,16). The molecule has 0 aliphatic heterocycles. The number of halogens is 2. The van der Waals surface area contributed by atoms with Crippen LogP contribution < -0.4 is 10.5 Å². The Kier molecular flexibility index (Phi) is 3.36. The number of nitrogens with two attached hydrogens (primary N) is 1. The van der Waals surface area contributed by atoms with Crippen LogP contribution in [0.5, 0.6) is 11.6 Å². The van der Waals surface area contributed by atoms with E-state index in [1.807, 2.05) is 0 Å². The van der Waals surface area contributed by atoms with Gasteiger partial charge in [-0.2, -0.15) is 4.98 Å². The molecule has 6 heteroatoms. The van der Waals surface area contributed by atoms with E-state index in [0.29, 0.717) is 33.3 Å². The van der Waals surface area contributed by atoms with Gasteiger partial charge in [-0.05, 0) is 19.1 Å². The van der Waals surface area contributed by atoms with Crippen LogP contribution in [-0.2, 0) is 0 Å². The van der Waals surface area contributed by atoms with Gasteiger partial charge in [0.1, 0.15) is 17.4 Å². The molecule has 1 aromatic carbocycles. The molecule has 17 heavy (non-hydrogen) atoms. The van der Waals surface area contributed by atoms with Gasteiger partial charge in [-0.3, -0.25) is 0 Å². The van der Waals surface area contributed by atoms with Crippen LogP contribution in [0.4, 0.5) is 5.82 Å². The third kappa shape index (κ3) is 2.99. The molecule has 88 valence electrons. The second-order valence-corrected chi connectivity index (χ2v) is 4.20. The fraction of sp³-hybridized carbons (Fsp3) is 0.0909. The summed E-state index contributed by atoms with van der Waals surface area (Å²) in [6, 6.07) is 6.45. The van der Waals surface area contributed by atoms with Crippen molar-refractivity contribution in [2.24, 2.45) is 0 Å². The zero-order valence-corrected chi connectivity index (χ0v) is 10.5. The lowest BCUT2D eigenvalue weighted by Gasteiger charge is -2.07. The van der Waals surface area contributed by atoms with Gasteiger partial charge < -0.3 is 10.5 Å². The molecule has 2 rings (SSSR count). The van der Waals surface area contributed by atoms with Gasteiger partial charge in [0.15, 0.2) is 0 Å². The largest absolute Gasteiger partial charge is 0.437 e. The van der Waals surface area contributed by atoms with E-state index in [-0.39, 0.29) is 0 Å². The number of aryl methyl sites for hydroxylation is 1. The lowest BCUT2D eigenvalue weighted by molar-refractivity contribution is 0.460. The van der Waals surface area contributed by atoms with Gasteiger partial charge in [-0.1, -0.05) is 23.2 Å². The lowest BCUT2D eigenvalue weighted by atomic mass is 10.3. The highest BCUT2D eigenvalue weighted by molar-refractivity contribution is 6.34. The highest BCUT2D eigenvalue weighted by Crippen LogP contribution is 2.31. The maximum absolute atomic E-state index is 5.97. The van der Waals surface area contributed by atoms with Crippen molar-refractivity contribution >= 4 is 29.0 Å². The molecule has 0 radical (unpaired) electrons. The van der Waals surface area contributed by atoms with E-state index in [1.54, 1.807) is 25.1 Å². The molecule has 2 N–H and O–H groups in total. The summed E-state index contributed by atoms with van der Waals surface area (Å²) in [7, 11) is 0. The van der Waals surface area contributed by atoms with Crippen LogP contribution in [0.3, 0.4) is 0 Å². The first-order valence-electron chi connectivity index (χ1n) is 4.78. The summed E-state index contributed by atoms with van der Waals surface area (Å²) in [5, 5.41) is 0.979. The van der Waals surface area contributed by atoms with Crippen LogP contribution in [-0.4, -0.2) is 9.97 Å². The Bertz CT molecular complexity index is 540. The summed E-state index contributed by atoms with van der Waals surface area (Å²) >= 11 is 11.8. The molecule has 0 unspecified atom stereocenters. The van der Waals surface area contributed by atoms with Crippen LogP contribution in [0.15, 0.2) is 24.3 Å². The first kappa shape index (κ1) is 12.0. The quantitative estimate of drug-likeness (QED) is 0.907. The highest BCUT2D eigenvalue weighted by Gasteiger charge is 2.06. The average Bonchev–Trinajstić information content (AvgIpc) is 2.22. The number of ether oxygens (including phenoxy) is 1. The number of hydrogen-bond donors (Lipinski definition) is 1. The predicted molar refractivity (Wildman–Crippen MR) is 67.7 cm³/mol. The Morgan fingerprint density at radius 1 is 1.18 bits per heavy atom. The summed E-state index contributed by atoms with van der Waals surface area (Å²) in [4.78, 5) is 8.03. The van der Waals surface area contributed by atoms with Crippen LogP contribution in [0, 0.1) is 6.92 Å². The summed E-state index contributed by atoms with van der Waals surface area (Å²) < 4.78 is 5.50. The molecule has 0 amide bonds. The van der Waals surface area contributed by atoms with E-state index in [2.05, 4.69) is 9.97 Å². The molecule has 0 aliphatic rings. The van der Waals surface area contributed by atoms with Crippen LogP contribution >= 0.6 is 23.2 Å². The number of hydrogen-bond acceptors (Lipinski definition) is 4. The SMILES string of the molecule is Cc1nc(N)cc(Oc2cc(Cl)ccc2Cl)n1. The fourth-order valence-electron chi connectivity index (χ4n) is 1.28. The fourth-order valence-corrected chi connectivity index (χ4v) is 1.60. The molecule has 0 atom stereocenters. The van der Waals surface area contributed by atoms with Crippen molar-refractivity contribution in [2.45, 2.75) is 6.92 Å². The minimum atomic E-state index is 0.333. The Morgan fingerprint density at radius 3 is 2.65 bits per heavy atom. The van der Waals surface area contributed by atoms with Crippen molar-refractivity contribution in [3.63, 3.8) is 0 Å². The van der Waals surface area contributed by atoms with E-state index in [1.165, 1.54) is 6.07 Å². The van der Waals surface area contributed by atoms with Gasteiger partial charge >= 0.3 is 0 Å². The molecule has 2 aromatic rings. The van der Waals surface area contributed by atoms with E-state index in [0.717, 1.165) is 0 Å². The number of anilines is 1. The molecule has 0 saturated heterocycles. The van der Waals surface area contributed by atoms with Crippen LogP contribution in [0.25, 0.3) is 0 Å². The Morgan fingerprint density at radius 2 is 1.94 bits per heavy atom. The van der Waals surface area contributed by atoms with E-state index < -0.39 is 0 Å². The van der Waals surface area contributed by atoms with E-state index >= 15 is 0 Å². The molecule has 4 nitrogen and oxygen atoms in total. The Balaban J connectivity index is 2.34. The average molecular weight is 270 g/mol. The maximum Gasteiger partial charge on any atom is 0.224 e. The van der Waals surface area contributed by atoms with Crippen molar-refractivity contribution < 1.29 is 4.74 Å². The Hall–Kier alpha value is -1.52. The van der Waals surface area contributed by atoms with Crippen molar-refractivity contribution in [1.82, 2.24) is 9.97 Å². The molecular formula is C11H9Cl2N3O. The number of rotatable bonds is 2. The minimum absolute atomic E-state index is 0.333. The highest BCUT2D eigenvalue weighted by atomic mass is 35.5. The van der Waals surface area contributed by atoms with Gasteiger partial charge in [-0.25, -0.2) is 4.98 Å². The maximum atomic E-state index is 5.97. The molecule has 0 bridgehead atoms. The van der Waals surface area contributed by atoms with Gasteiger partial charge in [0.2, 0.25) is 5.88 Å². The van der Waals surface area contributed by atoms with E-state index in [4.69, 9.17) is 33.7 Å². The number of nitrogen functional groups attached to an aromatic ring is 1. The minimum Gasteiger partial charge on any atom is -0.437 e. The van der Waals surface area contributed by atoms with Gasteiger partial charge in [-0.15, -0.1) is 0 Å². The molecule has 0 saturated carbocycles. The topological polar surface area (TPSA) is 61.0 Å². The van der Waals surface area contributed by atoms with Gasteiger partial charge in [0.25, 0.3) is 0 Å². The lowest BCUT2D eigenvalue weighted by Crippen LogP contribution is -1.98.